The molecule has 7 nitrogen and oxygen atoms in total. The van der Waals surface area contributed by atoms with Gasteiger partial charge < -0.3 is 13.6 Å². The minimum absolute atomic E-state index is 0.275. The molecule has 1 N–H and O–H groups in total. The van der Waals surface area contributed by atoms with Gasteiger partial charge in [-0.15, -0.1) is 5.10 Å². The van der Waals surface area contributed by atoms with Crippen molar-refractivity contribution in [3.8, 4) is 17.3 Å². The molecule has 0 aliphatic rings. The molecule has 3 heterocycles. The molecule has 4 rings (SSSR count). The van der Waals surface area contributed by atoms with E-state index in [1.807, 2.05) is 18.2 Å². The lowest BCUT2D eigenvalue weighted by Crippen LogP contribution is -1.94. The SMILES string of the molecule is S=c1[nH]nc(-c2ccco2)n1/N=C/c1ccc(COc2cccc(Cl)c2)o1. The van der Waals surface area contributed by atoms with Gasteiger partial charge in [0.15, 0.2) is 5.76 Å². The summed E-state index contributed by atoms with van der Waals surface area (Å²) in [5.41, 5.74) is 0. The molecule has 1 aromatic carbocycles. The number of furan rings is 2. The van der Waals surface area contributed by atoms with Gasteiger partial charge in [-0.05, 0) is 54.7 Å². The number of nitrogens with one attached hydrogen (secondary N) is 1. The minimum Gasteiger partial charge on any atom is -0.486 e. The molecular weight excluding hydrogens is 388 g/mol. The summed E-state index contributed by atoms with van der Waals surface area (Å²) in [5, 5.41) is 11.7. The van der Waals surface area contributed by atoms with Gasteiger partial charge in [-0.1, -0.05) is 17.7 Å². The topological polar surface area (TPSA) is 81.5 Å². The highest BCUT2D eigenvalue weighted by molar-refractivity contribution is 7.71. The number of aromatic amines is 1. The number of halogens is 1. The summed E-state index contributed by atoms with van der Waals surface area (Å²) in [6.07, 6.45) is 3.10. The van der Waals surface area contributed by atoms with Crippen LogP contribution in [0.5, 0.6) is 5.75 Å². The van der Waals surface area contributed by atoms with Crippen molar-refractivity contribution >= 4 is 30.0 Å². The summed E-state index contributed by atoms with van der Waals surface area (Å²) in [4.78, 5) is 0. The summed E-state index contributed by atoms with van der Waals surface area (Å²) in [6, 6.07) is 14.3. The molecule has 0 aliphatic carbocycles. The van der Waals surface area contributed by atoms with E-state index < -0.39 is 0 Å². The third-order valence-corrected chi connectivity index (χ3v) is 4.05. The lowest BCUT2D eigenvalue weighted by Gasteiger charge is -2.03. The first-order valence-corrected chi connectivity index (χ1v) is 8.70. The second kappa shape index (κ2) is 7.65. The van der Waals surface area contributed by atoms with Crippen molar-refractivity contribution in [2.24, 2.45) is 5.10 Å². The predicted molar refractivity (Wildman–Crippen MR) is 103 cm³/mol. The Labute approximate surface area is 163 Å². The van der Waals surface area contributed by atoms with Gasteiger partial charge in [-0.3, -0.25) is 0 Å². The van der Waals surface area contributed by atoms with Crippen LogP contribution in [0.15, 0.2) is 68.7 Å². The number of ether oxygens (including phenoxy) is 1. The lowest BCUT2D eigenvalue weighted by molar-refractivity contribution is 0.270. The quantitative estimate of drug-likeness (QED) is 0.367. The van der Waals surface area contributed by atoms with E-state index in [0.29, 0.717) is 38.6 Å². The van der Waals surface area contributed by atoms with Crippen LogP contribution in [0.2, 0.25) is 5.02 Å². The summed E-state index contributed by atoms with van der Waals surface area (Å²) >= 11 is 11.1. The Hall–Kier alpha value is -3.10. The number of rotatable bonds is 6. The molecule has 0 amide bonds. The molecule has 3 aromatic heterocycles. The Morgan fingerprint density at radius 1 is 1.26 bits per heavy atom. The van der Waals surface area contributed by atoms with Gasteiger partial charge in [0.25, 0.3) is 0 Å². The average molecular weight is 401 g/mol. The lowest BCUT2D eigenvalue weighted by atomic mass is 10.3. The van der Waals surface area contributed by atoms with Gasteiger partial charge in [0.05, 0.1) is 12.5 Å². The molecule has 0 spiro atoms. The molecule has 27 heavy (non-hydrogen) atoms. The van der Waals surface area contributed by atoms with Crippen molar-refractivity contribution in [2.75, 3.05) is 0 Å². The summed E-state index contributed by atoms with van der Waals surface area (Å²) in [7, 11) is 0. The van der Waals surface area contributed by atoms with Crippen molar-refractivity contribution < 1.29 is 13.6 Å². The fourth-order valence-corrected chi connectivity index (χ4v) is 2.69. The van der Waals surface area contributed by atoms with Crippen LogP contribution in [0.25, 0.3) is 11.6 Å². The first-order valence-electron chi connectivity index (χ1n) is 7.92. The van der Waals surface area contributed by atoms with Crippen molar-refractivity contribution in [1.29, 1.82) is 0 Å². The van der Waals surface area contributed by atoms with Crippen LogP contribution in [-0.2, 0) is 6.61 Å². The Morgan fingerprint density at radius 2 is 2.19 bits per heavy atom. The smallest absolute Gasteiger partial charge is 0.219 e. The molecule has 9 heteroatoms. The third kappa shape index (κ3) is 4.02. The maximum absolute atomic E-state index is 5.94. The predicted octanol–water partition coefficient (Wildman–Crippen LogP) is 4.91. The number of hydrogen-bond acceptors (Lipinski definition) is 6. The maximum atomic E-state index is 5.94. The van der Waals surface area contributed by atoms with E-state index in [2.05, 4.69) is 15.3 Å². The van der Waals surface area contributed by atoms with Gasteiger partial charge in [-0.25, -0.2) is 5.10 Å². The number of benzene rings is 1. The second-order valence-electron chi connectivity index (χ2n) is 5.44. The zero-order valence-electron chi connectivity index (χ0n) is 13.8. The highest BCUT2D eigenvalue weighted by Gasteiger charge is 2.10. The van der Waals surface area contributed by atoms with Gasteiger partial charge >= 0.3 is 0 Å². The standard InChI is InChI=1S/C18H13ClN4O3S/c19-12-3-1-4-13(9-12)25-11-15-7-6-14(26-15)10-20-23-17(21-22-18(23)27)16-5-2-8-24-16/h1-10H,11H2,(H,22,27)/b20-10+. The van der Waals surface area contributed by atoms with E-state index in [9.17, 15) is 0 Å². The molecule has 0 bridgehead atoms. The molecule has 0 unspecified atom stereocenters. The number of aromatic nitrogens is 3. The van der Waals surface area contributed by atoms with Crippen molar-refractivity contribution in [3.63, 3.8) is 0 Å². The first-order chi connectivity index (χ1) is 13.2. The fraction of sp³-hybridized carbons (Fsp3) is 0.0556. The minimum atomic E-state index is 0.275. The van der Waals surface area contributed by atoms with Crippen molar-refractivity contribution in [1.82, 2.24) is 14.9 Å². The molecule has 0 saturated heterocycles. The third-order valence-electron chi connectivity index (χ3n) is 3.55. The van der Waals surface area contributed by atoms with Crippen LogP contribution in [0, 0.1) is 4.77 Å². The Morgan fingerprint density at radius 3 is 3.00 bits per heavy atom. The van der Waals surface area contributed by atoms with E-state index in [4.69, 9.17) is 37.4 Å². The maximum Gasteiger partial charge on any atom is 0.219 e. The molecule has 0 atom stereocenters. The molecule has 136 valence electrons. The van der Waals surface area contributed by atoms with Crippen molar-refractivity contribution in [2.45, 2.75) is 6.61 Å². The first kappa shape index (κ1) is 17.3. The van der Waals surface area contributed by atoms with Crippen LogP contribution in [0.4, 0.5) is 0 Å². The monoisotopic (exact) mass is 400 g/mol. The van der Waals surface area contributed by atoms with Gasteiger partial charge in [-0.2, -0.15) is 9.78 Å². The zero-order valence-corrected chi connectivity index (χ0v) is 15.4. The highest BCUT2D eigenvalue weighted by Crippen LogP contribution is 2.19. The van der Waals surface area contributed by atoms with Crippen LogP contribution in [0.1, 0.15) is 11.5 Å². The highest BCUT2D eigenvalue weighted by atomic mass is 35.5. The van der Waals surface area contributed by atoms with E-state index in [-0.39, 0.29) is 6.61 Å². The molecule has 0 fully saturated rings. The van der Waals surface area contributed by atoms with E-state index >= 15 is 0 Å². The molecular formula is C18H13ClN4O3S. The Kier molecular flexibility index (Phi) is 4.91. The van der Waals surface area contributed by atoms with Crippen LogP contribution in [-0.4, -0.2) is 21.1 Å². The zero-order chi connectivity index (χ0) is 18.6. The average Bonchev–Trinajstić information content (AvgIpc) is 3.40. The molecule has 0 saturated carbocycles. The van der Waals surface area contributed by atoms with Crippen molar-refractivity contribution in [3.05, 3.63) is 76.1 Å². The van der Waals surface area contributed by atoms with Gasteiger partial charge in [0, 0.05) is 5.02 Å². The Bertz CT molecular complexity index is 1130. The number of nitrogens with zero attached hydrogens (tertiary/aromatic N) is 3. The number of H-pyrrole nitrogens is 1. The van der Waals surface area contributed by atoms with Crippen LogP contribution >= 0.6 is 23.8 Å². The van der Waals surface area contributed by atoms with Crippen LogP contribution in [0.3, 0.4) is 0 Å². The summed E-state index contributed by atoms with van der Waals surface area (Å²) in [6.45, 7) is 0.275. The van der Waals surface area contributed by atoms with Gasteiger partial charge in [0.2, 0.25) is 10.6 Å². The van der Waals surface area contributed by atoms with E-state index in [1.54, 1.807) is 42.8 Å². The van der Waals surface area contributed by atoms with E-state index in [1.165, 1.54) is 4.68 Å². The fourth-order valence-electron chi connectivity index (χ4n) is 2.33. The molecule has 0 radical (unpaired) electrons. The Balaban J connectivity index is 1.47. The second-order valence-corrected chi connectivity index (χ2v) is 6.26. The van der Waals surface area contributed by atoms with E-state index in [0.717, 1.165) is 0 Å². The van der Waals surface area contributed by atoms with Gasteiger partial charge in [0.1, 0.15) is 23.9 Å². The molecule has 4 aromatic rings. The summed E-state index contributed by atoms with van der Waals surface area (Å²) < 4.78 is 18.5. The number of hydrogen-bond donors (Lipinski definition) is 1. The molecule has 0 aliphatic heterocycles. The largest absolute Gasteiger partial charge is 0.486 e. The normalized spacial score (nSPS) is 11.3. The van der Waals surface area contributed by atoms with Crippen LogP contribution < -0.4 is 4.74 Å². The summed E-state index contributed by atoms with van der Waals surface area (Å²) in [5.74, 6) is 2.89.